The number of ether oxygens (including phenoxy) is 1. The largest absolute Gasteiger partial charge is 0.390 e. The van der Waals surface area contributed by atoms with Gasteiger partial charge in [-0.1, -0.05) is 53.4 Å². The van der Waals surface area contributed by atoms with Crippen molar-refractivity contribution in [3.63, 3.8) is 0 Å². The molecule has 0 amide bonds. The Labute approximate surface area is 157 Å². The average molecular weight is 389 g/mol. The fourth-order valence-corrected chi connectivity index (χ4v) is 4.46. The first-order valence-electron chi connectivity index (χ1n) is 8.07. The van der Waals surface area contributed by atoms with Gasteiger partial charge in [-0.15, -0.1) is 10.2 Å². The minimum atomic E-state index is -0.677. The number of nitrogens with zero attached hydrogens (tertiary/aromatic N) is 3. The highest BCUT2D eigenvalue weighted by Gasteiger charge is 2.14. The van der Waals surface area contributed by atoms with Gasteiger partial charge in [-0.25, -0.2) is 4.39 Å². The van der Waals surface area contributed by atoms with Crippen molar-refractivity contribution in [1.29, 1.82) is 0 Å². The second-order valence-electron chi connectivity index (χ2n) is 5.74. The van der Waals surface area contributed by atoms with Crippen LogP contribution in [-0.4, -0.2) is 38.2 Å². The standard InChI is InChI=1S/C18H16FN3O2S2/c19-14-6-2-1-5-12(14)9-24-10-13(23)11-25-17-20-21-18-22(17)15-7-3-4-8-16(15)26-18/h1-8,13,23H,9-11H2. The first kappa shape index (κ1) is 17.4. The van der Waals surface area contributed by atoms with Gasteiger partial charge in [0.15, 0.2) is 5.16 Å². The van der Waals surface area contributed by atoms with Gasteiger partial charge in [0, 0.05) is 11.3 Å². The second kappa shape index (κ2) is 7.71. The molecule has 8 heteroatoms. The first-order valence-corrected chi connectivity index (χ1v) is 9.87. The van der Waals surface area contributed by atoms with Crippen molar-refractivity contribution < 1.29 is 14.2 Å². The summed E-state index contributed by atoms with van der Waals surface area (Å²) < 4.78 is 22.1. The normalized spacial score (nSPS) is 12.8. The van der Waals surface area contributed by atoms with E-state index in [-0.39, 0.29) is 19.0 Å². The third kappa shape index (κ3) is 3.59. The number of aliphatic hydroxyl groups excluding tert-OH is 1. The van der Waals surface area contributed by atoms with E-state index in [2.05, 4.69) is 16.3 Å². The molecule has 0 spiro atoms. The summed E-state index contributed by atoms with van der Waals surface area (Å²) in [5.41, 5.74) is 1.54. The van der Waals surface area contributed by atoms with Gasteiger partial charge in [-0.2, -0.15) is 0 Å². The second-order valence-corrected chi connectivity index (χ2v) is 7.74. The molecule has 0 saturated carbocycles. The van der Waals surface area contributed by atoms with Gasteiger partial charge in [-0.05, 0) is 18.2 Å². The smallest absolute Gasteiger partial charge is 0.217 e. The van der Waals surface area contributed by atoms with Crippen LogP contribution in [0.5, 0.6) is 0 Å². The van der Waals surface area contributed by atoms with Gasteiger partial charge in [-0.3, -0.25) is 4.40 Å². The molecule has 4 aromatic rings. The maximum absolute atomic E-state index is 13.5. The minimum absolute atomic E-state index is 0.133. The lowest BCUT2D eigenvalue weighted by atomic mass is 10.2. The Balaban J connectivity index is 1.35. The average Bonchev–Trinajstić information content (AvgIpc) is 3.21. The van der Waals surface area contributed by atoms with E-state index in [9.17, 15) is 9.50 Å². The van der Waals surface area contributed by atoms with Crippen molar-refractivity contribution in [2.45, 2.75) is 17.9 Å². The Bertz CT molecular complexity index is 1030. The van der Waals surface area contributed by atoms with Crippen LogP contribution in [0.1, 0.15) is 5.56 Å². The van der Waals surface area contributed by atoms with Gasteiger partial charge < -0.3 is 9.84 Å². The molecule has 2 aromatic heterocycles. The van der Waals surface area contributed by atoms with Gasteiger partial charge in [0.25, 0.3) is 0 Å². The van der Waals surface area contributed by atoms with Crippen molar-refractivity contribution >= 4 is 38.3 Å². The molecule has 5 nitrogen and oxygen atoms in total. The lowest BCUT2D eigenvalue weighted by Gasteiger charge is -2.10. The third-order valence-corrected chi connectivity index (χ3v) is 5.93. The molecule has 1 N–H and O–H groups in total. The van der Waals surface area contributed by atoms with Gasteiger partial charge in [0.05, 0.1) is 29.5 Å². The summed E-state index contributed by atoms with van der Waals surface area (Å²) in [4.78, 5) is 0.832. The molecule has 26 heavy (non-hydrogen) atoms. The number of rotatable bonds is 7. The Morgan fingerprint density at radius 3 is 2.85 bits per heavy atom. The predicted molar refractivity (Wildman–Crippen MR) is 101 cm³/mol. The summed E-state index contributed by atoms with van der Waals surface area (Å²) in [6.45, 7) is 0.270. The first-order chi connectivity index (χ1) is 12.7. The molecule has 2 aromatic carbocycles. The summed E-state index contributed by atoms with van der Waals surface area (Å²) in [6.07, 6.45) is -0.677. The van der Waals surface area contributed by atoms with E-state index in [0.29, 0.717) is 11.3 Å². The lowest BCUT2D eigenvalue weighted by molar-refractivity contribution is 0.0386. The van der Waals surface area contributed by atoms with Crippen LogP contribution in [0, 0.1) is 5.82 Å². The molecular formula is C18H16FN3O2S2. The fourth-order valence-electron chi connectivity index (χ4n) is 2.59. The van der Waals surface area contributed by atoms with E-state index in [1.807, 2.05) is 22.6 Å². The molecule has 134 valence electrons. The summed E-state index contributed by atoms with van der Waals surface area (Å²) in [5, 5.41) is 19.3. The molecule has 0 saturated heterocycles. The lowest BCUT2D eigenvalue weighted by Crippen LogP contribution is -2.18. The number of aromatic nitrogens is 3. The van der Waals surface area contributed by atoms with Crippen molar-refractivity contribution in [2.24, 2.45) is 0 Å². The molecule has 0 fully saturated rings. The van der Waals surface area contributed by atoms with Crippen LogP contribution in [0.25, 0.3) is 15.2 Å². The van der Waals surface area contributed by atoms with Crippen LogP contribution < -0.4 is 0 Å². The minimum Gasteiger partial charge on any atom is -0.390 e. The molecule has 1 atom stereocenters. The number of hydrogen-bond donors (Lipinski definition) is 1. The number of hydrogen-bond acceptors (Lipinski definition) is 6. The fraction of sp³-hybridized carbons (Fsp3) is 0.222. The highest BCUT2D eigenvalue weighted by Crippen LogP contribution is 2.29. The number of benzene rings is 2. The van der Waals surface area contributed by atoms with E-state index in [4.69, 9.17) is 4.74 Å². The van der Waals surface area contributed by atoms with Gasteiger partial charge in [0.2, 0.25) is 4.96 Å². The number of fused-ring (bicyclic) bond motifs is 3. The Morgan fingerprint density at radius 1 is 1.15 bits per heavy atom. The van der Waals surface area contributed by atoms with Gasteiger partial charge in [0.1, 0.15) is 5.82 Å². The van der Waals surface area contributed by atoms with Gasteiger partial charge >= 0.3 is 0 Å². The Morgan fingerprint density at radius 2 is 1.96 bits per heavy atom. The van der Waals surface area contributed by atoms with Crippen LogP contribution in [-0.2, 0) is 11.3 Å². The maximum Gasteiger partial charge on any atom is 0.217 e. The van der Waals surface area contributed by atoms with Crippen LogP contribution in [0.4, 0.5) is 4.39 Å². The highest BCUT2D eigenvalue weighted by atomic mass is 32.2. The monoisotopic (exact) mass is 389 g/mol. The summed E-state index contributed by atoms with van der Waals surface area (Å²) >= 11 is 3.01. The number of thiazole rings is 1. The molecular weight excluding hydrogens is 373 g/mol. The molecule has 4 rings (SSSR count). The molecule has 2 heterocycles. The number of thioether (sulfide) groups is 1. The highest BCUT2D eigenvalue weighted by molar-refractivity contribution is 7.99. The van der Waals surface area contributed by atoms with Crippen molar-refractivity contribution in [1.82, 2.24) is 14.6 Å². The molecule has 0 aliphatic rings. The van der Waals surface area contributed by atoms with E-state index in [1.165, 1.54) is 17.8 Å². The topological polar surface area (TPSA) is 59.7 Å². The summed E-state index contributed by atoms with van der Waals surface area (Å²) in [5.74, 6) is 0.119. The maximum atomic E-state index is 13.5. The Hall–Kier alpha value is -2.00. The van der Waals surface area contributed by atoms with Crippen LogP contribution in [0.15, 0.2) is 53.7 Å². The quantitative estimate of drug-likeness (QED) is 0.488. The van der Waals surface area contributed by atoms with Crippen LogP contribution in [0.2, 0.25) is 0 Å². The van der Waals surface area contributed by atoms with Crippen LogP contribution >= 0.6 is 23.1 Å². The van der Waals surface area contributed by atoms with Crippen LogP contribution in [0.3, 0.4) is 0 Å². The molecule has 0 radical (unpaired) electrons. The molecule has 0 aliphatic heterocycles. The SMILES string of the molecule is OC(COCc1ccccc1F)CSc1nnc2sc3ccccc3n12. The van der Waals surface area contributed by atoms with E-state index < -0.39 is 6.10 Å². The van der Waals surface area contributed by atoms with Crippen molar-refractivity contribution in [2.75, 3.05) is 12.4 Å². The third-order valence-electron chi connectivity index (χ3n) is 3.84. The van der Waals surface area contributed by atoms with E-state index in [1.54, 1.807) is 29.5 Å². The molecule has 0 bridgehead atoms. The molecule has 1 unspecified atom stereocenters. The Kier molecular flexibility index (Phi) is 5.16. The van der Waals surface area contributed by atoms with E-state index in [0.717, 1.165) is 20.3 Å². The zero-order chi connectivity index (χ0) is 17.9. The molecule has 0 aliphatic carbocycles. The summed E-state index contributed by atoms with van der Waals surface area (Å²) in [7, 11) is 0. The summed E-state index contributed by atoms with van der Waals surface area (Å²) in [6, 6.07) is 14.5. The number of aliphatic hydroxyl groups is 1. The zero-order valence-electron chi connectivity index (χ0n) is 13.7. The number of para-hydroxylation sites is 1. The predicted octanol–water partition coefficient (Wildman–Crippen LogP) is 3.75. The van der Waals surface area contributed by atoms with Crippen molar-refractivity contribution in [3.05, 3.63) is 59.9 Å². The van der Waals surface area contributed by atoms with E-state index >= 15 is 0 Å². The number of halogens is 1. The van der Waals surface area contributed by atoms with Crippen molar-refractivity contribution in [3.8, 4) is 0 Å². The zero-order valence-corrected chi connectivity index (χ0v) is 15.3.